The van der Waals surface area contributed by atoms with Crippen LogP contribution < -0.4 is 15.0 Å². The zero-order valence-electron chi connectivity index (χ0n) is 9.98. The molecule has 1 N–H and O–H groups in total. The molecule has 0 radical (unpaired) electrons. The third-order valence-corrected chi connectivity index (χ3v) is 3.59. The molecule has 17 heavy (non-hydrogen) atoms. The van der Waals surface area contributed by atoms with Gasteiger partial charge in [-0.25, -0.2) is 0 Å². The molecule has 0 spiro atoms. The molecule has 2 heterocycles. The van der Waals surface area contributed by atoms with Crippen LogP contribution in [0.15, 0.2) is 24.8 Å². The van der Waals surface area contributed by atoms with Crippen molar-refractivity contribution in [2.24, 2.45) is 0 Å². The van der Waals surface area contributed by atoms with Crippen molar-refractivity contribution in [2.75, 3.05) is 31.1 Å². The highest BCUT2D eigenvalue weighted by molar-refractivity contribution is 5.66. The van der Waals surface area contributed by atoms with Crippen LogP contribution in [0.25, 0.3) is 6.08 Å². The lowest BCUT2D eigenvalue weighted by atomic mass is 10.1. The number of nitrogens with zero attached hydrogens (tertiary/aromatic N) is 1. The lowest BCUT2D eigenvalue weighted by Gasteiger charge is -2.36. The van der Waals surface area contributed by atoms with E-state index in [-0.39, 0.29) is 0 Å². The SMILES string of the molecule is C=Cc1ccc2c(c1)N1CCNC[C@@H]1CCO2. The van der Waals surface area contributed by atoms with Gasteiger partial charge in [0.1, 0.15) is 5.75 Å². The molecule has 1 aromatic rings. The second-order valence-electron chi connectivity index (χ2n) is 4.62. The molecular weight excluding hydrogens is 212 g/mol. The Morgan fingerprint density at radius 2 is 2.41 bits per heavy atom. The van der Waals surface area contributed by atoms with Crippen LogP contribution in [-0.4, -0.2) is 32.3 Å². The number of rotatable bonds is 1. The van der Waals surface area contributed by atoms with E-state index in [9.17, 15) is 0 Å². The number of nitrogens with one attached hydrogen (secondary N) is 1. The van der Waals surface area contributed by atoms with Gasteiger partial charge in [-0.05, 0) is 17.7 Å². The summed E-state index contributed by atoms with van der Waals surface area (Å²) >= 11 is 0. The molecule has 0 bridgehead atoms. The van der Waals surface area contributed by atoms with Gasteiger partial charge in [0.2, 0.25) is 0 Å². The van der Waals surface area contributed by atoms with E-state index in [0.29, 0.717) is 6.04 Å². The van der Waals surface area contributed by atoms with Gasteiger partial charge in [0.25, 0.3) is 0 Å². The molecule has 90 valence electrons. The maximum absolute atomic E-state index is 5.84. The highest BCUT2D eigenvalue weighted by Gasteiger charge is 2.27. The van der Waals surface area contributed by atoms with E-state index in [2.05, 4.69) is 35.0 Å². The Bertz CT molecular complexity index is 430. The van der Waals surface area contributed by atoms with Crippen LogP contribution in [0.3, 0.4) is 0 Å². The Labute approximate surface area is 102 Å². The molecule has 3 heteroatoms. The zero-order chi connectivity index (χ0) is 11.7. The first kappa shape index (κ1) is 10.7. The summed E-state index contributed by atoms with van der Waals surface area (Å²) in [7, 11) is 0. The number of anilines is 1. The first-order valence-corrected chi connectivity index (χ1v) is 6.25. The predicted molar refractivity (Wildman–Crippen MR) is 70.6 cm³/mol. The van der Waals surface area contributed by atoms with Crippen molar-refractivity contribution in [1.29, 1.82) is 0 Å². The fourth-order valence-electron chi connectivity index (χ4n) is 2.65. The molecule has 2 aliphatic rings. The number of hydrogen-bond acceptors (Lipinski definition) is 3. The minimum Gasteiger partial charge on any atom is -0.491 e. The lowest BCUT2D eigenvalue weighted by molar-refractivity contribution is 0.304. The monoisotopic (exact) mass is 230 g/mol. The summed E-state index contributed by atoms with van der Waals surface area (Å²) in [5.74, 6) is 1.01. The van der Waals surface area contributed by atoms with Gasteiger partial charge in [0.15, 0.2) is 0 Å². The Balaban J connectivity index is 2.03. The average Bonchev–Trinajstić information content (AvgIpc) is 2.57. The standard InChI is InChI=1S/C14H18N2O/c1-2-11-3-4-14-13(9-11)16-7-6-15-10-12(16)5-8-17-14/h2-4,9,12,15H,1,5-8,10H2/t12-/m0/s1. The molecule has 1 atom stereocenters. The summed E-state index contributed by atoms with van der Waals surface area (Å²) in [5.41, 5.74) is 2.39. The van der Waals surface area contributed by atoms with E-state index < -0.39 is 0 Å². The lowest BCUT2D eigenvalue weighted by Crippen LogP contribution is -2.51. The van der Waals surface area contributed by atoms with Gasteiger partial charge in [-0.3, -0.25) is 0 Å². The van der Waals surface area contributed by atoms with Crippen molar-refractivity contribution < 1.29 is 4.74 Å². The van der Waals surface area contributed by atoms with Crippen LogP contribution in [0.4, 0.5) is 5.69 Å². The van der Waals surface area contributed by atoms with E-state index in [4.69, 9.17) is 4.74 Å². The largest absolute Gasteiger partial charge is 0.491 e. The van der Waals surface area contributed by atoms with Crippen LogP contribution in [0.5, 0.6) is 5.75 Å². The van der Waals surface area contributed by atoms with Gasteiger partial charge >= 0.3 is 0 Å². The highest BCUT2D eigenvalue weighted by Crippen LogP contribution is 2.34. The first-order chi connectivity index (χ1) is 8.38. The van der Waals surface area contributed by atoms with E-state index in [1.165, 1.54) is 5.69 Å². The second-order valence-corrected chi connectivity index (χ2v) is 4.62. The summed E-state index contributed by atoms with van der Waals surface area (Å²) in [6, 6.07) is 6.88. The molecule has 0 aromatic heterocycles. The normalized spacial score (nSPS) is 23.1. The first-order valence-electron chi connectivity index (χ1n) is 6.25. The molecule has 1 aromatic carbocycles. The topological polar surface area (TPSA) is 24.5 Å². The number of benzene rings is 1. The summed E-state index contributed by atoms with van der Waals surface area (Å²) in [5, 5.41) is 3.45. The van der Waals surface area contributed by atoms with Crippen molar-refractivity contribution in [2.45, 2.75) is 12.5 Å². The molecule has 0 amide bonds. The maximum Gasteiger partial charge on any atom is 0.142 e. The van der Waals surface area contributed by atoms with Gasteiger partial charge in [0, 0.05) is 32.1 Å². The van der Waals surface area contributed by atoms with E-state index in [0.717, 1.165) is 44.0 Å². The molecule has 1 fully saturated rings. The third kappa shape index (κ3) is 1.91. The fourth-order valence-corrected chi connectivity index (χ4v) is 2.65. The summed E-state index contributed by atoms with van der Waals surface area (Å²) < 4.78 is 5.84. The Hall–Kier alpha value is -1.48. The number of fused-ring (bicyclic) bond motifs is 3. The van der Waals surface area contributed by atoms with Gasteiger partial charge in [-0.15, -0.1) is 0 Å². The number of piperazine rings is 1. The minimum absolute atomic E-state index is 0.560. The molecule has 0 saturated carbocycles. The fraction of sp³-hybridized carbons (Fsp3) is 0.429. The van der Waals surface area contributed by atoms with Crippen LogP contribution >= 0.6 is 0 Å². The van der Waals surface area contributed by atoms with E-state index in [1.807, 2.05) is 6.08 Å². The second kappa shape index (κ2) is 4.41. The van der Waals surface area contributed by atoms with Gasteiger partial charge in [-0.2, -0.15) is 0 Å². The molecule has 2 aliphatic heterocycles. The molecule has 1 saturated heterocycles. The summed E-state index contributed by atoms with van der Waals surface area (Å²) in [4.78, 5) is 2.48. The molecular formula is C14H18N2O. The zero-order valence-corrected chi connectivity index (χ0v) is 9.98. The minimum atomic E-state index is 0.560. The Morgan fingerprint density at radius 3 is 3.29 bits per heavy atom. The predicted octanol–water partition coefficient (Wildman–Crippen LogP) is 1.89. The Morgan fingerprint density at radius 1 is 1.47 bits per heavy atom. The van der Waals surface area contributed by atoms with Gasteiger partial charge in [-0.1, -0.05) is 18.7 Å². The van der Waals surface area contributed by atoms with Gasteiger partial charge < -0.3 is 15.0 Å². The van der Waals surface area contributed by atoms with Gasteiger partial charge in [0.05, 0.1) is 12.3 Å². The average molecular weight is 230 g/mol. The molecule has 3 rings (SSSR count). The van der Waals surface area contributed by atoms with Crippen molar-refractivity contribution in [3.05, 3.63) is 30.3 Å². The smallest absolute Gasteiger partial charge is 0.142 e. The quantitative estimate of drug-likeness (QED) is 0.797. The third-order valence-electron chi connectivity index (χ3n) is 3.59. The Kier molecular flexibility index (Phi) is 2.77. The summed E-state index contributed by atoms with van der Waals surface area (Å²) in [6.07, 6.45) is 2.98. The van der Waals surface area contributed by atoms with Crippen molar-refractivity contribution >= 4 is 11.8 Å². The highest BCUT2D eigenvalue weighted by atomic mass is 16.5. The van der Waals surface area contributed by atoms with Crippen LogP contribution in [0.2, 0.25) is 0 Å². The van der Waals surface area contributed by atoms with E-state index >= 15 is 0 Å². The van der Waals surface area contributed by atoms with Crippen molar-refractivity contribution in [3.63, 3.8) is 0 Å². The molecule has 0 unspecified atom stereocenters. The van der Waals surface area contributed by atoms with E-state index in [1.54, 1.807) is 0 Å². The van der Waals surface area contributed by atoms with Crippen LogP contribution in [0.1, 0.15) is 12.0 Å². The van der Waals surface area contributed by atoms with Crippen molar-refractivity contribution in [1.82, 2.24) is 5.32 Å². The number of hydrogen-bond donors (Lipinski definition) is 1. The molecule has 3 nitrogen and oxygen atoms in total. The number of ether oxygens (including phenoxy) is 1. The summed E-state index contributed by atoms with van der Waals surface area (Å²) in [6.45, 7) is 7.81. The van der Waals surface area contributed by atoms with Crippen molar-refractivity contribution in [3.8, 4) is 5.75 Å². The molecule has 0 aliphatic carbocycles. The maximum atomic E-state index is 5.84. The van der Waals surface area contributed by atoms with Crippen LogP contribution in [-0.2, 0) is 0 Å². The van der Waals surface area contributed by atoms with Crippen LogP contribution in [0, 0.1) is 0 Å².